The molecule has 15 heavy (non-hydrogen) atoms. The van der Waals surface area contributed by atoms with Crippen LogP contribution in [0, 0.1) is 0 Å². The fourth-order valence-electron chi connectivity index (χ4n) is 1.14. The summed E-state index contributed by atoms with van der Waals surface area (Å²) < 4.78 is 0. The number of benzene rings is 1. The Hall–Kier alpha value is -0.963. The fourth-order valence-corrected chi connectivity index (χ4v) is 2.41. The molecule has 0 heterocycles. The Bertz CT molecular complexity index is 340. The van der Waals surface area contributed by atoms with Crippen LogP contribution in [0.4, 0.5) is 11.4 Å². The van der Waals surface area contributed by atoms with Gasteiger partial charge in [0.15, 0.2) is 8.24 Å². The number of hydrogen-bond acceptors (Lipinski definition) is 2. The summed E-state index contributed by atoms with van der Waals surface area (Å²) >= 11 is 0. The lowest BCUT2D eigenvalue weighted by molar-refractivity contribution is 0.723. The van der Waals surface area contributed by atoms with Crippen molar-refractivity contribution < 1.29 is 0 Å². The molecule has 0 unspecified atom stereocenters. The van der Waals surface area contributed by atoms with Crippen molar-refractivity contribution in [3.63, 3.8) is 0 Å². The first-order valence-electron chi connectivity index (χ1n) is 5.37. The molecule has 0 atom stereocenters. The molecule has 1 aromatic carbocycles. The Morgan fingerprint density at radius 2 is 1.67 bits per heavy atom. The third-order valence-electron chi connectivity index (χ3n) is 3.28. The van der Waals surface area contributed by atoms with Gasteiger partial charge in [-0.1, -0.05) is 46.0 Å². The molecular formula is C12H22N2Si. The average molecular weight is 222 g/mol. The molecule has 0 radical (unpaired) electrons. The van der Waals surface area contributed by atoms with E-state index >= 15 is 0 Å². The van der Waals surface area contributed by atoms with Gasteiger partial charge in [-0.15, -0.1) is 0 Å². The second kappa shape index (κ2) is 3.89. The van der Waals surface area contributed by atoms with E-state index in [0.29, 0.717) is 5.04 Å². The third kappa shape index (κ3) is 2.75. The lowest BCUT2D eigenvalue weighted by atomic mass is 10.2. The first kappa shape index (κ1) is 12.1. The van der Waals surface area contributed by atoms with Crippen molar-refractivity contribution in [2.45, 2.75) is 38.9 Å². The minimum atomic E-state index is -1.51. The molecule has 1 rings (SSSR count). The number of nitrogens with one attached hydrogen (secondary N) is 1. The summed E-state index contributed by atoms with van der Waals surface area (Å²) in [6.45, 7) is 11.5. The van der Waals surface area contributed by atoms with Crippen LogP contribution in [0.3, 0.4) is 0 Å². The van der Waals surface area contributed by atoms with Crippen molar-refractivity contribution in [2.75, 3.05) is 10.7 Å². The highest BCUT2D eigenvalue weighted by Crippen LogP contribution is 2.37. The van der Waals surface area contributed by atoms with Gasteiger partial charge in [0.05, 0.1) is 5.69 Å². The summed E-state index contributed by atoms with van der Waals surface area (Å²) in [6.07, 6.45) is 0. The second-order valence-corrected chi connectivity index (χ2v) is 10.6. The summed E-state index contributed by atoms with van der Waals surface area (Å²) in [5, 5.41) is 0.315. The van der Waals surface area contributed by atoms with Crippen LogP contribution < -0.4 is 10.7 Å². The maximum absolute atomic E-state index is 5.93. The zero-order valence-electron chi connectivity index (χ0n) is 10.4. The summed E-state index contributed by atoms with van der Waals surface area (Å²) in [7, 11) is -1.51. The SMILES string of the molecule is CC(C)(C)[Si](C)(C)Nc1ccccc1N. The molecule has 1 aromatic rings. The summed E-state index contributed by atoms with van der Waals surface area (Å²) in [6, 6.07) is 7.98. The highest BCUT2D eigenvalue weighted by Gasteiger charge is 2.35. The average Bonchev–Trinajstić information content (AvgIpc) is 2.06. The maximum atomic E-state index is 5.93. The summed E-state index contributed by atoms with van der Waals surface area (Å²) in [5.41, 5.74) is 7.84. The Morgan fingerprint density at radius 1 is 1.13 bits per heavy atom. The minimum Gasteiger partial charge on any atom is -0.408 e. The highest BCUT2D eigenvalue weighted by molar-refractivity contribution is 6.83. The van der Waals surface area contributed by atoms with Crippen molar-refractivity contribution in [1.82, 2.24) is 0 Å². The van der Waals surface area contributed by atoms with Crippen LogP contribution in [-0.4, -0.2) is 8.24 Å². The van der Waals surface area contributed by atoms with Crippen LogP contribution in [0.1, 0.15) is 20.8 Å². The standard InChI is InChI=1S/C12H22N2Si/c1-12(2,3)15(4,5)14-11-9-7-6-8-10(11)13/h6-9,14H,13H2,1-5H3. The largest absolute Gasteiger partial charge is 0.408 e. The highest BCUT2D eigenvalue weighted by atomic mass is 28.3. The first-order valence-corrected chi connectivity index (χ1v) is 8.37. The Balaban J connectivity index is 2.92. The molecule has 2 nitrogen and oxygen atoms in total. The van der Waals surface area contributed by atoms with Gasteiger partial charge < -0.3 is 10.7 Å². The van der Waals surface area contributed by atoms with E-state index in [1.54, 1.807) is 0 Å². The van der Waals surface area contributed by atoms with Gasteiger partial charge in [-0.2, -0.15) is 0 Å². The van der Waals surface area contributed by atoms with Gasteiger partial charge in [0.2, 0.25) is 0 Å². The van der Waals surface area contributed by atoms with E-state index in [2.05, 4.69) is 44.9 Å². The zero-order valence-corrected chi connectivity index (χ0v) is 11.4. The molecular weight excluding hydrogens is 200 g/mol. The van der Waals surface area contributed by atoms with Gasteiger partial charge in [-0.05, 0) is 17.2 Å². The van der Waals surface area contributed by atoms with Crippen molar-refractivity contribution in [3.8, 4) is 0 Å². The predicted molar refractivity (Wildman–Crippen MR) is 71.7 cm³/mol. The Labute approximate surface area is 94.0 Å². The molecule has 0 amide bonds. The fraction of sp³-hybridized carbons (Fsp3) is 0.500. The maximum Gasteiger partial charge on any atom is 0.152 e. The number of hydrogen-bond donors (Lipinski definition) is 2. The van der Waals surface area contributed by atoms with Crippen LogP contribution >= 0.6 is 0 Å². The van der Waals surface area contributed by atoms with E-state index in [4.69, 9.17) is 5.73 Å². The molecule has 0 aliphatic rings. The Kier molecular flexibility index (Phi) is 3.14. The van der Waals surface area contributed by atoms with Crippen molar-refractivity contribution in [3.05, 3.63) is 24.3 Å². The van der Waals surface area contributed by atoms with E-state index in [-0.39, 0.29) is 0 Å². The lowest BCUT2D eigenvalue weighted by Crippen LogP contribution is -2.45. The van der Waals surface area contributed by atoms with Gasteiger partial charge in [0.25, 0.3) is 0 Å². The Morgan fingerprint density at radius 3 is 2.13 bits per heavy atom. The van der Waals surface area contributed by atoms with E-state index in [1.807, 2.05) is 18.2 Å². The quantitative estimate of drug-likeness (QED) is 0.591. The molecule has 0 saturated heterocycles. The molecule has 3 N–H and O–H groups in total. The lowest BCUT2D eigenvalue weighted by Gasteiger charge is -2.38. The van der Waals surface area contributed by atoms with Crippen molar-refractivity contribution >= 4 is 19.6 Å². The summed E-state index contributed by atoms with van der Waals surface area (Å²) in [5.74, 6) is 0. The molecule has 0 spiro atoms. The molecule has 0 aliphatic heterocycles. The topological polar surface area (TPSA) is 38.0 Å². The van der Waals surface area contributed by atoms with Gasteiger partial charge in [0, 0.05) is 5.69 Å². The molecule has 3 heteroatoms. The number of rotatable bonds is 2. The molecule has 84 valence electrons. The second-order valence-electron chi connectivity index (χ2n) is 5.59. The first-order chi connectivity index (χ1) is 6.74. The number of para-hydroxylation sites is 2. The van der Waals surface area contributed by atoms with Crippen molar-refractivity contribution in [2.24, 2.45) is 0 Å². The number of nitrogen functional groups attached to an aromatic ring is 1. The van der Waals surface area contributed by atoms with Crippen LogP contribution in [-0.2, 0) is 0 Å². The van der Waals surface area contributed by atoms with Crippen molar-refractivity contribution in [1.29, 1.82) is 0 Å². The number of nitrogens with two attached hydrogens (primary N) is 1. The van der Waals surface area contributed by atoms with Crippen LogP contribution in [0.5, 0.6) is 0 Å². The molecule has 0 aromatic heterocycles. The van der Waals surface area contributed by atoms with E-state index < -0.39 is 8.24 Å². The monoisotopic (exact) mass is 222 g/mol. The summed E-state index contributed by atoms with van der Waals surface area (Å²) in [4.78, 5) is 3.64. The van der Waals surface area contributed by atoms with Crippen LogP contribution in [0.2, 0.25) is 18.1 Å². The van der Waals surface area contributed by atoms with Gasteiger partial charge >= 0.3 is 0 Å². The molecule has 0 saturated carbocycles. The van der Waals surface area contributed by atoms with Gasteiger partial charge in [-0.3, -0.25) is 0 Å². The zero-order chi connectivity index (χ0) is 11.7. The molecule has 0 bridgehead atoms. The smallest absolute Gasteiger partial charge is 0.152 e. The van der Waals surface area contributed by atoms with Gasteiger partial charge in [-0.25, -0.2) is 0 Å². The minimum absolute atomic E-state index is 0.315. The normalized spacial score (nSPS) is 12.6. The van der Waals surface area contributed by atoms with Gasteiger partial charge in [0.1, 0.15) is 0 Å². The van der Waals surface area contributed by atoms with E-state index in [0.717, 1.165) is 11.4 Å². The van der Waals surface area contributed by atoms with E-state index in [9.17, 15) is 0 Å². The number of anilines is 2. The van der Waals surface area contributed by atoms with Crippen LogP contribution in [0.15, 0.2) is 24.3 Å². The van der Waals surface area contributed by atoms with E-state index in [1.165, 1.54) is 0 Å². The third-order valence-corrected chi connectivity index (χ3v) is 7.93. The molecule has 0 aliphatic carbocycles. The van der Waals surface area contributed by atoms with Crippen LogP contribution in [0.25, 0.3) is 0 Å². The molecule has 0 fully saturated rings. The predicted octanol–water partition coefficient (Wildman–Crippen LogP) is 3.69.